The minimum absolute atomic E-state index is 0.0771. The predicted octanol–water partition coefficient (Wildman–Crippen LogP) is 24.7. The lowest BCUT2D eigenvalue weighted by atomic mass is 10.0. The van der Waals surface area contributed by atoms with Crippen molar-refractivity contribution in [3.63, 3.8) is 0 Å². The molecular formula is C75H136O6. The number of hydrogen-bond acceptors (Lipinski definition) is 6. The summed E-state index contributed by atoms with van der Waals surface area (Å²) >= 11 is 0. The van der Waals surface area contributed by atoms with E-state index in [1.54, 1.807) is 0 Å². The monoisotopic (exact) mass is 1130 g/mol. The number of allylic oxidation sites excluding steroid dienone is 10. The first-order chi connectivity index (χ1) is 40.0. The third-order valence-corrected chi connectivity index (χ3v) is 16.0. The number of ether oxygens (including phenoxy) is 3. The van der Waals surface area contributed by atoms with Gasteiger partial charge in [0.1, 0.15) is 13.2 Å². The van der Waals surface area contributed by atoms with E-state index < -0.39 is 6.10 Å². The third kappa shape index (κ3) is 67.8. The van der Waals surface area contributed by atoms with Crippen LogP contribution in [0.5, 0.6) is 0 Å². The van der Waals surface area contributed by atoms with Crippen molar-refractivity contribution in [1.82, 2.24) is 0 Å². The molecule has 0 N–H and O–H groups in total. The lowest BCUT2D eigenvalue weighted by molar-refractivity contribution is -0.167. The summed E-state index contributed by atoms with van der Waals surface area (Å²) in [5.41, 5.74) is 0. The highest BCUT2D eigenvalue weighted by atomic mass is 16.6. The minimum Gasteiger partial charge on any atom is -0.462 e. The number of rotatable bonds is 66. The minimum atomic E-state index is -0.784. The molecule has 0 aliphatic rings. The van der Waals surface area contributed by atoms with Crippen LogP contribution in [0, 0.1) is 0 Å². The van der Waals surface area contributed by atoms with Gasteiger partial charge < -0.3 is 14.2 Å². The summed E-state index contributed by atoms with van der Waals surface area (Å²) in [6, 6.07) is 0. The molecule has 6 nitrogen and oxygen atoms in total. The predicted molar refractivity (Wildman–Crippen MR) is 353 cm³/mol. The molecule has 1 unspecified atom stereocenters. The molecule has 6 heteroatoms. The van der Waals surface area contributed by atoms with Gasteiger partial charge in [-0.3, -0.25) is 14.4 Å². The Morgan fingerprint density at radius 2 is 0.481 bits per heavy atom. The SMILES string of the molecule is CC/C=C\C/C=C\C/C=C\C/C=C\C/C=C\CCCCCCCC(=O)OC(COC(=O)CCCCCCCCCCCCCCCCCCCCC)COC(=O)CCCCCCCCCCCCCCCCCCCCCCCCC. The van der Waals surface area contributed by atoms with Crippen molar-refractivity contribution >= 4 is 17.9 Å². The highest BCUT2D eigenvalue weighted by Gasteiger charge is 2.19. The standard InChI is InChI=1S/C75H136O6/c1-4-7-10-13-16-19-22-25-28-31-34-36-37-39-41-44-47-50-53-56-59-62-65-68-74(77)80-71-72(70-79-73(76)67-64-61-58-55-52-49-46-43-40-33-30-27-24-21-18-15-12-9-6-3)81-75(78)69-66-63-60-57-54-51-48-45-42-38-35-32-29-26-23-20-17-14-11-8-5-2/h8,11,17,20,26,29,35,38,45,48,72H,4-7,9-10,12-16,18-19,21-25,27-28,30-34,36-37,39-44,46-47,49-71H2,1-3H3/b11-8-,20-17-,29-26-,38-35-,48-45-. The van der Waals surface area contributed by atoms with E-state index in [-0.39, 0.29) is 31.1 Å². The average molecular weight is 1130 g/mol. The Morgan fingerprint density at radius 1 is 0.259 bits per heavy atom. The zero-order chi connectivity index (χ0) is 58.5. The highest BCUT2D eigenvalue weighted by molar-refractivity contribution is 5.71. The van der Waals surface area contributed by atoms with Gasteiger partial charge in [0.15, 0.2) is 6.10 Å². The van der Waals surface area contributed by atoms with E-state index in [2.05, 4.69) is 81.5 Å². The third-order valence-electron chi connectivity index (χ3n) is 16.0. The molecule has 0 bridgehead atoms. The van der Waals surface area contributed by atoms with Crippen LogP contribution >= 0.6 is 0 Å². The molecule has 0 spiro atoms. The summed E-state index contributed by atoms with van der Waals surface area (Å²) < 4.78 is 17.0. The Kier molecular flexibility index (Phi) is 67.1. The number of esters is 3. The normalized spacial score (nSPS) is 12.4. The molecule has 0 amide bonds. The summed E-state index contributed by atoms with van der Waals surface area (Å²) in [7, 11) is 0. The number of hydrogen-bond donors (Lipinski definition) is 0. The Morgan fingerprint density at radius 3 is 0.753 bits per heavy atom. The van der Waals surface area contributed by atoms with Gasteiger partial charge in [0.2, 0.25) is 0 Å². The van der Waals surface area contributed by atoms with Crippen molar-refractivity contribution in [3.05, 3.63) is 60.8 Å². The molecule has 0 rings (SSSR count). The quantitative estimate of drug-likeness (QED) is 0.0261. The maximum Gasteiger partial charge on any atom is 0.306 e. The molecular weight excluding hydrogens is 997 g/mol. The first-order valence-corrected chi connectivity index (χ1v) is 35.8. The van der Waals surface area contributed by atoms with Crippen LogP contribution in [-0.2, 0) is 28.6 Å². The van der Waals surface area contributed by atoms with Gasteiger partial charge in [0, 0.05) is 19.3 Å². The molecule has 0 saturated heterocycles. The van der Waals surface area contributed by atoms with Crippen LogP contribution in [0.2, 0.25) is 0 Å². The largest absolute Gasteiger partial charge is 0.462 e. The van der Waals surface area contributed by atoms with Crippen LogP contribution in [0.1, 0.15) is 380 Å². The van der Waals surface area contributed by atoms with Crippen LogP contribution in [0.4, 0.5) is 0 Å². The molecule has 472 valence electrons. The van der Waals surface area contributed by atoms with Crippen molar-refractivity contribution in [2.75, 3.05) is 13.2 Å². The fourth-order valence-electron chi connectivity index (χ4n) is 10.7. The summed E-state index contributed by atoms with van der Waals surface area (Å²) in [5, 5.41) is 0. The summed E-state index contributed by atoms with van der Waals surface area (Å²) in [6.07, 6.45) is 89.6. The van der Waals surface area contributed by atoms with E-state index in [0.29, 0.717) is 19.3 Å². The Bertz CT molecular complexity index is 1440. The van der Waals surface area contributed by atoms with Gasteiger partial charge in [0.05, 0.1) is 0 Å². The van der Waals surface area contributed by atoms with E-state index in [9.17, 15) is 14.4 Å². The van der Waals surface area contributed by atoms with E-state index in [0.717, 1.165) is 109 Å². The fraction of sp³-hybridized carbons (Fsp3) is 0.827. The molecule has 0 aliphatic heterocycles. The van der Waals surface area contributed by atoms with Crippen molar-refractivity contribution < 1.29 is 28.6 Å². The van der Waals surface area contributed by atoms with Crippen LogP contribution in [0.25, 0.3) is 0 Å². The summed E-state index contributed by atoms with van der Waals surface area (Å²) in [4.78, 5) is 38.5. The molecule has 0 saturated carbocycles. The first-order valence-electron chi connectivity index (χ1n) is 35.8. The Balaban J connectivity index is 4.35. The molecule has 81 heavy (non-hydrogen) atoms. The van der Waals surface area contributed by atoms with Gasteiger partial charge >= 0.3 is 17.9 Å². The summed E-state index contributed by atoms with van der Waals surface area (Å²) in [5.74, 6) is -0.868. The Labute approximate surface area is 504 Å². The lowest BCUT2D eigenvalue weighted by Crippen LogP contribution is -2.30. The van der Waals surface area contributed by atoms with Crippen molar-refractivity contribution in [2.45, 2.75) is 386 Å². The molecule has 0 aliphatic carbocycles. The maximum absolute atomic E-state index is 13.0. The molecule has 0 aromatic heterocycles. The second-order valence-corrected chi connectivity index (χ2v) is 24.1. The van der Waals surface area contributed by atoms with Crippen LogP contribution in [0.15, 0.2) is 60.8 Å². The molecule has 0 heterocycles. The van der Waals surface area contributed by atoms with E-state index in [1.165, 1.54) is 231 Å². The van der Waals surface area contributed by atoms with Crippen LogP contribution < -0.4 is 0 Å². The molecule has 1 atom stereocenters. The van der Waals surface area contributed by atoms with Crippen molar-refractivity contribution in [1.29, 1.82) is 0 Å². The topological polar surface area (TPSA) is 78.9 Å². The van der Waals surface area contributed by atoms with Gasteiger partial charge in [-0.15, -0.1) is 0 Å². The van der Waals surface area contributed by atoms with Crippen molar-refractivity contribution in [2.24, 2.45) is 0 Å². The number of carbonyl (C=O) groups excluding carboxylic acids is 3. The fourth-order valence-corrected chi connectivity index (χ4v) is 10.7. The van der Waals surface area contributed by atoms with Crippen LogP contribution in [-0.4, -0.2) is 37.2 Å². The van der Waals surface area contributed by atoms with Gasteiger partial charge in [0.25, 0.3) is 0 Å². The second kappa shape index (κ2) is 69.6. The van der Waals surface area contributed by atoms with Gasteiger partial charge in [-0.05, 0) is 64.2 Å². The van der Waals surface area contributed by atoms with Crippen LogP contribution in [0.3, 0.4) is 0 Å². The van der Waals surface area contributed by atoms with E-state index in [1.807, 2.05) is 0 Å². The van der Waals surface area contributed by atoms with Gasteiger partial charge in [-0.1, -0.05) is 358 Å². The van der Waals surface area contributed by atoms with Gasteiger partial charge in [-0.2, -0.15) is 0 Å². The molecule has 0 aromatic rings. The smallest absolute Gasteiger partial charge is 0.306 e. The molecule has 0 radical (unpaired) electrons. The zero-order valence-corrected chi connectivity index (χ0v) is 54.3. The van der Waals surface area contributed by atoms with Crippen molar-refractivity contribution in [3.8, 4) is 0 Å². The average Bonchev–Trinajstić information content (AvgIpc) is 3.47. The van der Waals surface area contributed by atoms with Gasteiger partial charge in [-0.25, -0.2) is 0 Å². The summed E-state index contributed by atoms with van der Waals surface area (Å²) in [6.45, 7) is 6.59. The zero-order valence-electron chi connectivity index (χ0n) is 54.3. The van der Waals surface area contributed by atoms with E-state index >= 15 is 0 Å². The van der Waals surface area contributed by atoms with E-state index in [4.69, 9.17) is 14.2 Å². The molecule has 0 fully saturated rings. The maximum atomic E-state index is 13.0. The highest BCUT2D eigenvalue weighted by Crippen LogP contribution is 2.19. The molecule has 0 aromatic carbocycles. The number of carbonyl (C=O) groups is 3. The second-order valence-electron chi connectivity index (χ2n) is 24.1. The lowest BCUT2D eigenvalue weighted by Gasteiger charge is -2.18. The number of unbranched alkanes of at least 4 members (excludes halogenated alkanes) is 45. The Hall–Kier alpha value is -2.89. The first kappa shape index (κ1) is 78.1.